The number of aromatic nitrogens is 3. The molecule has 1 aliphatic rings. The van der Waals surface area contributed by atoms with Crippen molar-refractivity contribution in [1.82, 2.24) is 20.3 Å². The van der Waals surface area contributed by atoms with Crippen molar-refractivity contribution in [3.8, 4) is 0 Å². The number of hydrogen-bond donors (Lipinski definition) is 1. The minimum atomic E-state index is 0.731. The van der Waals surface area contributed by atoms with Gasteiger partial charge in [0, 0.05) is 19.3 Å². The number of ether oxygens (including phenoxy) is 1. The summed E-state index contributed by atoms with van der Waals surface area (Å²) in [6.45, 7) is 3.18. The van der Waals surface area contributed by atoms with Gasteiger partial charge in [-0.15, -0.1) is 5.10 Å². The molecule has 5 nitrogen and oxygen atoms in total. The van der Waals surface area contributed by atoms with Crippen LogP contribution in [0.15, 0.2) is 6.20 Å². The first kappa shape index (κ1) is 12.5. The molecule has 0 radical (unpaired) electrons. The van der Waals surface area contributed by atoms with E-state index in [0.29, 0.717) is 0 Å². The Hall–Kier alpha value is -0.940. The van der Waals surface area contributed by atoms with Crippen molar-refractivity contribution in [2.24, 2.45) is 5.92 Å². The van der Waals surface area contributed by atoms with Gasteiger partial charge in [0.2, 0.25) is 0 Å². The second-order valence-corrected chi connectivity index (χ2v) is 4.70. The standard InChI is InChI=1S/C12H22N4O/c1-13-9-12-10-16(15-14-12)6-8-17-7-5-11-3-2-4-11/h10-11,13H,2-9H2,1H3. The maximum atomic E-state index is 5.61. The van der Waals surface area contributed by atoms with Crippen LogP contribution in [0.4, 0.5) is 0 Å². The van der Waals surface area contributed by atoms with Crippen molar-refractivity contribution < 1.29 is 4.74 Å². The van der Waals surface area contributed by atoms with Crippen LogP contribution < -0.4 is 5.32 Å². The van der Waals surface area contributed by atoms with Gasteiger partial charge in [-0.3, -0.25) is 0 Å². The largest absolute Gasteiger partial charge is 0.380 e. The Morgan fingerprint density at radius 1 is 1.47 bits per heavy atom. The van der Waals surface area contributed by atoms with E-state index in [9.17, 15) is 0 Å². The zero-order valence-electron chi connectivity index (χ0n) is 10.6. The van der Waals surface area contributed by atoms with Crippen molar-refractivity contribution >= 4 is 0 Å². The third kappa shape index (κ3) is 4.09. The van der Waals surface area contributed by atoms with Crippen LogP contribution in [0.2, 0.25) is 0 Å². The first-order valence-electron chi connectivity index (χ1n) is 6.50. The smallest absolute Gasteiger partial charge is 0.0964 e. The fourth-order valence-corrected chi connectivity index (χ4v) is 2.00. The Morgan fingerprint density at radius 3 is 3.06 bits per heavy atom. The Morgan fingerprint density at radius 2 is 2.35 bits per heavy atom. The van der Waals surface area contributed by atoms with Crippen molar-refractivity contribution in [2.75, 3.05) is 20.3 Å². The quantitative estimate of drug-likeness (QED) is 0.692. The molecule has 1 heterocycles. The lowest BCUT2D eigenvalue weighted by atomic mass is 9.83. The van der Waals surface area contributed by atoms with Gasteiger partial charge in [0.15, 0.2) is 0 Å². The van der Waals surface area contributed by atoms with E-state index in [1.165, 1.54) is 25.7 Å². The van der Waals surface area contributed by atoms with Crippen LogP contribution in [0, 0.1) is 5.92 Å². The third-order valence-corrected chi connectivity index (χ3v) is 3.30. The van der Waals surface area contributed by atoms with E-state index in [4.69, 9.17) is 4.74 Å². The summed E-state index contributed by atoms with van der Waals surface area (Å²) in [6, 6.07) is 0. The van der Waals surface area contributed by atoms with Gasteiger partial charge in [-0.05, 0) is 19.4 Å². The highest BCUT2D eigenvalue weighted by Crippen LogP contribution is 2.28. The maximum absolute atomic E-state index is 5.61. The van der Waals surface area contributed by atoms with Gasteiger partial charge in [-0.25, -0.2) is 4.68 Å². The zero-order chi connectivity index (χ0) is 11.9. The van der Waals surface area contributed by atoms with Crippen molar-refractivity contribution in [3.63, 3.8) is 0 Å². The SMILES string of the molecule is CNCc1cn(CCOCCC2CCC2)nn1. The molecule has 0 atom stereocenters. The third-order valence-electron chi connectivity index (χ3n) is 3.30. The van der Waals surface area contributed by atoms with E-state index < -0.39 is 0 Å². The first-order valence-corrected chi connectivity index (χ1v) is 6.50. The van der Waals surface area contributed by atoms with Crippen LogP contribution in [0.5, 0.6) is 0 Å². The van der Waals surface area contributed by atoms with E-state index in [-0.39, 0.29) is 0 Å². The summed E-state index contributed by atoms with van der Waals surface area (Å²) in [7, 11) is 1.91. The van der Waals surface area contributed by atoms with E-state index in [1.807, 2.05) is 17.9 Å². The molecule has 2 rings (SSSR count). The topological polar surface area (TPSA) is 52.0 Å². The van der Waals surface area contributed by atoms with Gasteiger partial charge < -0.3 is 10.1 Å². The summed E-state index contributed by atoms with van der Waals surface area (Å²) < 4.78 is 7.45. The van der Waals surface area contributed by atoms with E-state index in [1.54, 1.807) is 0 Å². The van der Waals surface area contributed by atoms with Crippen LogP contribution in [-0.2, 0) is 17.8 Å². The lowest BCUT2D eigenvalue weighted by Crippen LogP contribution is -2.15. The van der Waals surface area contributed by atoms with Gasteiger partial charge in [-0.2, -0.15) is 0 Å². The molecule has 0 amide bonds. The predicted octanol–water partition coefficient (Wildman–Crippen LogP) is 1.20. The van der Waals surface area contributed by atoms with E-state index in [0.717, 1.165) is 37.9 Å². The molecule has 1 N–H and O–H groups in total. The molecule has 1 aromatic rings. The highest BCUT2D eigenvalue weighted by molar-refractivity contribution is 4.90. The molecule has 0 bridgehead atoms. The second kappa shape index (κ2) is 6.71. The fourth-order valence-electron chi connectivity index (χ4n) is 2.00. The molecule has 0 aliphatic heterocycles. The lowest BCUT2D eigenvalue weighted by Gasteiger charge is -2.24. The van der Waals surface area contributed by atoms with Gasteiger partial charge in [-0.1, -0.05) is 24.5 Å². The fraction of sp³-hybridized carbons (Fsp3) is 0.833. The maximum Gasteiger partial charge on any atom is 0.0964 e. The summed E-state index contributed by atoms with van der Waals surface area (Å²) >= 11 is 0. The minimum Gasteiger partial charge on any atom is -0.380 e. The molecule has 96 valence electrons. The molecule has 0 aromatic carbocycles. The molecule has 1 aliphatic carbocycles. The normalized spacial score (nSPS) is 16.1. The molecule has 1 aromatic heterocycles. The summed E-state index contributed by atoms with van der Waals surface area (Å²) in [6.07, 6.45) is 7.41. The molecular formula is C12H22N4O. The average Bonchev–Trinajstić information content (AvgIpc) is 2.69. The van der Waals surface area contributed by atoms with Crippen LogP contribution in [-0.4, -0.2) is 35.3 Å². The monoisotopic (exact) mass is 238 g/mol. The van der Waals surface area contributed by atoms with Gasteiger partial charge in [0.25, 0.3) is 0 Å². The first-order chi connectivity index (χ1) is 8.38. The van der Waals surface area contributed by atoms with Crippen LogP contribution in [0.25, 0.3) is 0 Å². The molecule has 0 unspecified atom stereocenters. The van der Waals surface area contributed by atoms with Crippen LogP contribution in [0.3, 0.4) is 0 Å². The van der Waals surface area contributed by atoms with Gasteiger partial charge in [0.1, 0.15) is 0 Å². The predicted molar refractivity (Wildman–Crippen MR) is 65.6 cm³/mol. The van der Waals surface area contributed by atoms with Gasteiger partial charge in [0.05, 0.1) is 18.8 Å². The molecule has 17 heavy (non-hydrogen) atoms. The molecular weight excluding hydrogens is 216 g/mol. The lowest BCUT2D eigenvalue weighted by molar-refractivity contribution is 0.0983. The number of rotatable bonds is 8. The Bertz CT molecular complexity index is 322. The summed E-state index contributed by atoms with van der Waals surface area (Å²) in [5, 5.41) is 11.1. The Balaban J connectivity index is 1.54. The number of nitrogens with one attached hydrogen (secondary N) is 1. The highest BCUT2D eigenvalue weighted by atomic mass is 16.5. The summed E-state index contributed by atoms with van der Waals surface area (Å²) in [4.78, 5) is 0. The van der Waals surface area contributed by atoms with Crippen molar-refractivity contribution in [3.05, 3.63) is 11.9 Å². The number of nitrogens with zero attached hydrogens (tertiary/aromatic N) is 3. The van der Waals surface area contributed by atoms with Crippen LogP contribution >= 0.6 is 0 Å². The van der Waals surface area contributed by atoms with E-state index in [2.05, 4.69) is 15.6 Å². The second-order valence-electron chi connectivity index (χ2n) is 4.70. The Kier molecular flexibility index (Phi) is 4.94. The average molecular weight is 238 g/mol. The Labute approximate surface area is 103 Å². The van der Waals surface area contributed by atoms with Crippen molar-refractivity contribution in [1.29, 1.82) is 0 Å². The summed E-state index contributed by atoms with van der Waals surface area (Å²) in [5.41, 5.74) is 0.974. The van der Waals surface area contributed by atoms with Gasteiger partial charge >= 0.3 is 0 Å². The molecule has 1 saturated carbocycles. The zero-order valence-corrected chi connectivity index (χ0v) is 10.6. The molecule has 0 spiro atoms. The highest BCUT2D eigenvalue weighted by Gasteiger charge is 2.16. The summed E-state index contributed by atoms with van der Waals surface area (Å²) in [5.74, 6) is 0.934. The minimum absolute atomic E-state index is 0.731. The molecule has 0 saturated heterocycles. The van der Waals surface area contributed by atoms with Crippen LogP contribution in [0.1, 0.15) is 31.4 Å². The van der Waals surface area contributed by atoms with E-state index >= 15 is 0 Å². The number of hydrogen-bond acceptors (Lipinski definition) is 4. The van der Waals surface area contributed by atoms with Crippen molar-refractivity contribution in [2.45, 2.75) is 38.8 Å². The molecule has 5 heteroatoms. The molecule has 1 fully saturated rings.